The van der Waals surface area contributed by atoms with Gasteiger partial charge in [0.25, 0.3) is 0 Å². The van der Waals surface area contributed by atoms with Gasteiger partial charge in [-0.2, -0.15) is 0 Å². The van der Waals surface area contributed by atoms with Crippen molar-refractivity contribution in [3.8, 4) is 0 Å². The number of ether oxygens (including phenoxy) is 1. The minimum Gasteiger partial charge on any atom is -0.383 e. The van der Waals surface area contributed by atoms with Gasteiger partial charge in [-0.15, -0.1) is 0 Å². The van der Waals surface area contributed by atoms with Crippen LogP contribution in [0.3, 0.4) is 0 Å². The van der Waals surface area contributed by atoms with Crippen molar-refractivity contribution in [1.82, 2.24) is 0 Å². The van der Waals surface area contributed by atoms with E-state index in [-0.39, 0.29) is 6.04 Å². The van der Waals surface area contributed by atoms with Crippen molar-refractivity contribution >= 4 is 22.6 Å². The molecule has 0 aromatic heterocycles. The van der Waals surface area contributed by atoms with E-state index in [2.05, 4.69) is 41.6 Å². The van der Waals surface area contributed by atoms with Gasteiger partial charge in [-0.3, -0.25) is 0 Å². The molecular formula is C10H14INO. The van der Waals surface area contributed by atoms with Gasteiger partial charge in [0.1, 0.15) is 0 Å². The zero-order valence-electron chi connectivity index (χ0n) is 7.88. The molecule has 0 unspecified atom stereocenters. The Morgan fingerprint density at radius 3 is 2.85 bits per heavy atom. The van der Waals surface area contributed by atoms with Crippen LogP contribution in [-0.2, 0) is 4.74 Å². The van der Waals surface area contributed by atoms with Gasteiger partial charge in [0.05, 0.1) is 12.6 Å². The largest absolute Gasteiger partial charge is 0.383 e. The zero-order chi connectivity index (χ0) is 9.84. The van der Waals surface area contributed by atoms with E-state index in [4.69, 9.17) is 10.5 Å². The van der Waals surface area contributed by atoms with Crippen LogP contribution in [0.1, 0.15) is 17.2 Å². The molecular weight excluding hydrogens is 277 g/mol. The molecule has 1 aromatic carbocycles. The number of hydrogen-bond acceptors (Lipinski definition) is 2. The highest BCUT2D eigenvalue weighted by Gasteiger charge is 2.09. The van der Waals surface area contributed by atoms with Crippen molar-refractivity contribution < 1.29 is 4.74 Å². The summed E-state index contributed by atoms with van der Waals surface area (Å²) in [4.78, 5) is 0. The minimum atomic E-state index is -0.0142. The van der Waals surface area contributed by atoms with Crippen molar-refractivity contribution in [2.45, 2.75) is 13.0 Å². The molecule has 0 aliphatic heterocycles. The molecule has 0 aliphatic rings. The van der Waals surface area contributed by atoms with Gasteiger partial charge in [-0.25, -0.2) is 0 Å². The molecule has 72 valence electrons. The van der Waals surface area contributed by atoms with E-state index in [0.717, 1.165) is 0 Å². The molecule has 2 nitrogen and oxygen atoms in total. The molecule has 2 N–H and O–H groups in total. The highest BCUT2D eigenvalue weighted by atomic mass is 127. The summed E-state index contributed by atoms with van der Waals surface area (Å²) in [7, 11) is 1.67. The third-order valence-corrected chi connectivity index (χ3v) is 3.22. The summed E-state index contributed by atoms with van der Waals surface area (Å²) in [6.07, 6.45) is 0. The van der Waals surface area contributed by atoms with Crippen LogP contribution < -0.4 is 5.73 Å². The Hall–Kier alpha value is -0.130. The fourth-order valence-corrected chi connectivity index (χ4v) is 1.81. The first-order chi connectivity index (χ1) is 6.16. The molecule has 0 heterocycles. The Morgan fingerprint density at radius 2 is 2.23 bits per heavy atom. The second-order valence-electron chi connectivity index (χ2n) is 3.02. The molecule has 0 amide bonds. The Labute approximate surface area is 92.6 Å². The number of halogens is 1. The van der Waals surface area contributed by atoms with Gasteiger partial charge >= 0.3 is 0 Å². The predicted molar refractivity (Wildman–Crippen MR) is 62.7 cm³/mol. The molecule has 1 aromatic rings. The molecule has 0 spiro atoms. The first-order valence-electron chi connectivity index (χ1n) is 4.16. The fourth-order valence-electron chi connectivity index (χ4n) is 1.30. The molecule has 13 heavy (non-hydrogen) atoms. The third-order valence-electron chi connectivity index (χ3n) is 2.06. The van der Waals surface area contributed by atoms with Gasteiger partial charge in [0.2, 0.25) is 0 Å². The lowest BCUT2D eigenvalue weighted by Gasteiger charge is -2.14. The quantitative estimate of drug-likeness (QED) is 0.867. The average molecular weight is 291 g/mol. The van der Waals surface area contributed by atoms with Crippen molar-refractivity contribution in [2.75, 3.05) is 13.7 Å². The van der Waals surface area contributed by atoms with Crippen molar-refractivity contribution in [3.63, 3.8) is 0 Å². The number of methoxy groups -OCH3 is 1. The Kier molecular flexibility index (Phi) is 4.15. The lowest BCUT2D eigenvalue weighted by Crippen LogP contribution is -2.17. The fraction of sp³-hybridized carbons (Fsp3) is 0.400. The first-order valence-corrected chi connectivity index (χ1v) is 5.24. The number of hydrogen-bond donors (Lipinski definition) is 1. The summed E-state index contributed by atoms with van der Waals surface area (Å²) in [5, 5.41) is 0. The van der Waals surface area contributed by atoms with E-state index < -0.39 is 0 Å². The van der Waals surface area contributed by atoms with Crippen LogP contribution in [0.15, 0.2) is 18.2 Å². The molecule has 0 fully saturated rings. The van der Waals surface area contributed by atoms with Gasteiger partial charge in [0, 0.05) is 10.7 Å². The summed E-state index contributed by atoms with van der Waals surface area (Å²) in [6, 6.07) is 6.15. The Bertz CT molecular complexity index is 288. The number of benzene rings is 1. The van der Waals surface area contributed by atoms with Gasteiger partial charge < -0.3 is 10.5 Å². The second kappa shape index (κ2) is 4.93. The van der Waals surface area contributed by atoms with E-state index in [1.54, 1.807) is 7.11 Å². The van der Waals surface area contributed by atoms with E-state index in [0.29, 0.717) is 6.61 Å². The summed E-state index contributed by atoms with van der Waals surface area (Å²) < 4.78 is 6.28. The van der Waals surface area contributed by atoms with E-state index in [1.165, 1.54) is 14.7 Å². The number of nitrogens with two attached hydrogens (primary N) is 1. The monoisotopic (exact) mass is 291 g/mol. The van der Waals surface area contributed by atoms with Crippen molar-refractivity contribution in [2.24, 2.45) is 5.73 Å². The van der Waals surface area contributed by atoms with Crippen LogP contribution in [0.4, 0.5) is 0 Å². The highest BCUT2D eigenvalue weighted by molar-refractivity contribution is 14.1. The molecule has 1 atom stereocenters. The molecule has 3 heteroatoms. The van der Waals surface area contributed by atoms with Crippen LogP contribution in [0.25, 0.3) is 0 Å². The maximum absolute atomic E-state index is 5.95. The molecule has 0 radical (unpaired) electrons. The average Bonchev–Trinajstić information content (AvgIpc) is 2.10. The van der Waals surface area contributed by atoms with Crippen molar-refractivity contribution in [3.05, 3.63) is 32.9 Å². The molecule has 0 aliphatic carbocycles. The summed E-state index contributed by atoms with van der Waals surface area (Å²) >= 11 is 2.32. The van der Waals surface area contributed by atoms with E-state index >= 15 is 0 Å². The van der Waals surface area contributed by atoms with Crippen molar-refractivity contribution in [1.29, 1.82) is 0 Å². The lowest BCUT2D eigenvalue weighted by atomic mass is 10.0. The highest BCUT2D eigenvalue weighted by Crippen LogP contribution is 2.20. The van der Waals surface area contributed by atoms with E-state index in [9.17, 15) is 0 Å². The molecule has 1 rings (SSSR count). The standard InChI is InChI=1S/C10H14INO/c1-7-8(10(12)6-13-2)4-3-5-9(7)11/h3-5,10H,6,12H2,1-2H3/t10-/m0/s1. The molecule has 0 saturated carbocycles. The third kappa shape index (κ3) is 2.65. The number of rotatable bonds is 3. The summed E-state index contributed by atoms with van der Waals surface area (Å²) in [5.74, 6) is 0. The first kappa shape index (κ1) is 10.9. The Balaban J connectivity index is 2.93. The van der Waals surface area contributed by atoms with Crippen LogP contribution in [0.5, 0.6) is 0 Å². The molecule has 0 bridgehead atoms. The van der Waals surface area contributed by atoms with Gasteiger partial charge in [0.15, 0.2) is 0 Å². The van der Waals surface area contributed by atoms with Crippen LogP contribution >= 0.6 is 22.6 Å². The second-order valence-corrected chi connectivity index (χ2v) is 4.18. The maximum atomic E-state index is 5.95. The minimum absolute atomic E-state index is 0.0142. The molecule has 0 saturated heterocycles. The smallest absolute Gasteiger partial charge is 0.0655 e. The van der Waals surface area contributed by atoms with E-state index in [1.807, 2.05) is 6.07 Å². The van der Waals surface area contributed by atoms with Gasteiger partial charge in [-0.1, -0.05) is 12.1 Å². The SMILES string of the molecule is COC[C@H](N)c1cccc(I)c1C. The lowest BCUT2D eigenvalue weighted by molar-refractivity contribution is 0.180. The summed E-state index contributed by atoms with van der Waals surface area (Å²) in [6.45, 7) is 2.66. The maximum Gasteiger partial charge on any atom is 0.0655 e. The zero-order valence-corrected chi connectivity index (χ0v) is 10.0. The van der Waals surface area contributed by atoms with Gasteiger partial charge in [-0.05, 0) is 46.7 Å². The topological polar surface area (TPSA) is 35.2 Å². The predicted octanol–water partition coefficient (Wildman–Crippen LogP) is 2.25. The normalized spacial score (nSPS) is 12.9. The Morgan fingerprint density at radius 1 is 1.54 bits per heavy atom. The van der Waals surface area contributed by atoms with Crippen LogP contribution in [0, 0.1) is 10.5 Å². The van der Waals surface area contributed by atoms with Crippen LogP contribution in [0.2, 0.25) is 0 Å². The summed E-state index contributed by atoms with van der Waals surface area (Å²) in [5.41, 5.74) is 8.38. The van der Waals surface area contributed by atoms with Crippen LogP contribution in [-0.4, -0.2) is 13.7 Å².